The van der Waals surface area contributed by atoms with E-state index in [-0.39, 0.29) is 0 Å². The topological polar surface area (TPSA) is 43.8 Å². The molecule has 0 spiro atoms. The molecule has 0 amide bonds. The van der Waals surface area contributed by atoms with Gasteiger partial charge in [-0.1, -0.05) is 72.8 Å². The van der Waals surface area contributed by atoms with Gasteiger partial charge in [0.15, 0.2) is 0 Å². The lowest BCUT2D eigenvalue weighted by molar-refractivity contribution is 0.100. The monoisotopic (exact) mass is 508 g/mol. The van der Waals surface area contributed by atoms with Gasteiger partial charge in [-0.3, -0.25) is 0 Å². The first-order valence-corrected chi connectivity index (χ1v) is 13.6. The summed E-state index contributed by atoms with van der Waals surface area (Å²) in [4.78, 5) is 7.23. The number of hydrogen-bond acceptors (Lipinski definition) is 5. The molecule has 5 nitrogen and oxygen atoms in total. The number of hydrogen-bond donors (Lipinski definition) is 0. The number of pyridine rings is 1. The van der Waals surface area contributed by atoms with E-state index in [1.165, 1.54) is 18.5 Å². The van der Waals surface area contributed by atoms with Crippen molar-refractivity contribution < 1.29 is 14.2 Å². The number of piperidine rings is 1. The molecule has 1 aliphatic heterocycles. The predicted octanol–water partition coefficient (Wildman–Crippen LogP) is 7.16. The Morgan fingerprint density at radius 2 is 1.37 bits per heavy atom. The highest BCUT2D eigenvalue weighted by molar-refractivity contribution is 5.71. The minimum Gasteiger partial charge on any atom is -0.473 e. The van der Waals surface area contributed by atoms with Crippen LogP contribution in [0.3, 0.4) is 0 Å². The number of nitrogens with zero attached hydrogens (tertiary/aromatic N) is 2. The van der Waals surface area contributed by atoms with E-state index >= 15 is 0 Å². The van der Waals surface area contributed by atoms with Gasteiger partial charge in [0.05, 0.1) is 0 Å². The van der Waals surface area contributed by atoms with Gasteiger partial charge in [-0.05, 0) is 60.6 Å². The van der Waals surface area contributed by atoms with Crippen molar-refractivity contribution in [2.45, 2.75) is 33.0 Å². The van der Waals surface area contributed by atoms with Gasteiger partial charge in [0.1, 0.15) is 13.2 Å². The minimum atomic E-state index is 0.442. The Hall–Kier alpha value is -3.83. The predicted molar refractivity (Wildman–Crippen MR) is 153 cm³/mol. The average molecular weight is 509 g/mol. The van der Waals surface area contributed by atoms with Gasteiger partial charge in [-0.2, -0.15) is 4.98 Å². The fraction of sp³-hybridized carbons (Fsp3) is 0.303. The molecule has 0 bridgehead atoms. The standard InChI is InChI=1S/C33H36N2O3/c1-2-36-23-28-19-21-35(22-20-28)30-15-13-29(14-16-30)31-17-18-32(37-24-26-9-5-3-6-10-26)34-33(31)38-25-27-11-7-4-8-12-27/h3-18,28H,2,19-25H2,1H3. The molecule has 1 saturated heterocycles. The van der Waals surface area contributed by atoms with Crippen LogP contribution < -0.4 is 14.4 Å². The number of anilines is 1. The third kappa shape index (κ3) is 6.93. The summed E-state index contributed by atoms with van der Waals surface area (Å²) in [6.07, 6.45) is 2.35. The van der Waals surface area contributed by atoms with Crippen LogP contribution in [0.5, 0.6) is 11.8 Å². The van der Waals surface area contributed by atoms with Gasteiger partial charge < -0.3 is 19.1 Å². The molecule has 4 aromatic rings. The normalized spacial score (nSPS) is 13.9. The van der Waals surface area contributed by atoms with Crippen molar-refractivity contribution in [2.75, 3.05) is 31.2 Å². The van der Waals surface area contributed by atoms with Crippen LogP contribution >= 0.6 is 0 Å². The molecular weight excluding hydrogens is 472 g/mol. The Bertz CT molecular complexity index is 1250. The Balaban J connectivity index is 1.31. The first kappa shape index (κ1) is 25.8. The number of rotatable bonds is 11. The van der Waals surface area contributed by atoms with Crippen LogP contribution in [0.25, 0.3) is 11.1 Å². The maximum atomic E-state index is 6.25. The highest BCUT2D eigenvalue weighted by Gasteiger charge is 2.20. The molecule has 196 valence electrons. The minimum absolute atomic E-state index is 0.442. The fourth-order valence-corrected chi connectivity index (χ4v) is 4.79. The van der Waals surface area contributed by atoms with Crippen molar-refractivity contribution in [3.8, 4) is 22.9 Å². The third-order valence-electron chi connectivity index (χ3n) is 7.00. The van der Waals surface area contributed by atoms with E-state index < -0.39 is 0 Å². The van der Waals surface area contributed by atoms with Crippen molar-refractivity contribution in [3.05, 3.63) is 108 Å². The number of aromatic nitrogens is 1. The summed E-state index contributed by atoms with van der Waals surface area (Å²) in [7, 11) is 0. The Labute approximate surface area is 226 Å². The summed E-state index contributed by atoms with van der Waals surface area (Å²) in [6.45, 7) is 6.78. The van der Waals surface area contributed by atoms with Crippen molar-refractivity contribution in [2.24, 2.45) is 5.92 Å². The van der Waals surface area contributed by atoms with Gasteiger partial charge in [0.25, 0.3) is 0 Å². The zero-order chi connectivity index (χ0) is 26.0. The molecule has 5 rings (SSSR count). The van der Waals surface area contributed by atoms with Crippen LogP contribution in [0, 0.1) is 5.92 Å². The molecule has 0 aliphatic carbocycles. The fourth-order valence-electron chi connectivity index (χ4n) is 4.79. The highest BCUT2D eigenvalue weighted by Crippen LogP contribution is 2.33. The molecule has 5 heteroatoms. The molecule has 0 radical (unpaired) electrons. The van der Waals surface area contributed by atoms with Gasteiger partial charge >= 0.3 is 0 Å². The van der Waals surface area contributed by atoms with Crippen LogP contribution in [0.15, 0.2) is 97.1 Å². The van der Waals surface area contributed by atoms with E-state index in [0.29, 0.717) is 30.9 Å². The maximum absolute atomic E-state index is 6.25. The second-order valence-electron chi connectivity index (χ2n) is 9.69. The quantitative estimate of drug-likeness (QED) is 0.215. The molecule has 0 unspecified atom stereocenters. The first-order chi connectivity index (χ1) is 18.8. The summed E-state index contributed by atoms with van der Waals surface area (Å²) >= 11 is 0. The maximum Gasteiger partial charge on any atom is 0.225 e. The molecule has 0 saturated carbocycles. The smallest absolute Gasteiger partial charge is 0.225 e. The summed E-state index contributed by atoms with van der Waals surface area (Å²) < 4.78 is 17.9. The van der Waals surface area contributed by atoms with Crippen molar-refractivity contribution in [1.29, 1.82) is 0 Å². The van der Waals surface area contributed by atoms with Gasteiger partial charge in [0.2, 0.25) is 11.8 Å². The van der Waals surface area contributed by atoms with Crippen LogP contribution in [0.4, 0.5) is 5.69 Å². The first-order valence-electron chi connectivity index (χ1n) is 13.6. The lowest BCUT2D eigenvalue weighted by Gasteiger charge is -2.33. The van der Waals surface area contributed by atoms with E-state index in [2.05, 4.69) is 48.2 Å². The molecule has 2 heterocycles. The van der Waals surface area contributed by atoms with Gasteiger partial charge in [0, 0.05) is 43.6 Å². The van der Waals surface area contributed by atoms with E-state index in [1.807, 2.05) is 60.7 Å². The second kappa shape index (κ2) is 13.1. The lowest BCUT2D eigenvalue weighted by Crippen LogP contribution is -2.35. The average Bonchev–Trinajstić information content (AvgIpc) is 2.99. The summed E-state index contributed by atoms with van der Waals surface area (Å²) in [6, 6.07) is 33.0. The van der Waals surface area contributed by atoms with Crippen molar-refractivity contribution in [3.63, 3.8) is 0 Å². The van der Waals surface area contributed by atoms with E-state index in [9.17, 15) is 0 Å². The molecule has 3 aromatic carbocycles. The SMILES string of the molecule is CCOCC1CCN(c2ccc(-c3ccc(OCc4ccccc4)nc3OCc3ccccc3)cc2)CC1. The molecule has 1 aliphatic rings. The van der Waals surface area contributed by atoms with Crippen LogP contribution in [-0.4, -0.2) is 31.3 Å². The van der Waals surface area contributed by atoms with Gasteiger partial charge in [-0.25, -0.2) is 0 Å². The summed E-state index contributed by atoms with van der Waals surface area (Å²) in [5, 5.41) is 0. The summed E-state index contributed by atoms with van der Waals surface area (Å²) in [5.74, 6) is 1.79. The molecule has 38 heavy (non-hydrogen) atoms. The second-order valence-corrected chi connectivity index (χ2v) is 9.69. The van der Waals surface area contributed by atoms with Crippen molar-refractivity contribution >= 4 is 5.69 Å². The van der Waals surface area contributed by atoms with E-state index in [4.69, 9.17) is 19.2 Å². The Morgan fingerprint density at radius 1 is 0.737 bits per heavy atom. The number of ether oxygens (including phenoxy) is 3. The van der Waals surface area contributed by atoms with Gasteiger partial charge in [-0.15, -0.1) is 0 Å². The number of benzene rings is 3. The van der Waals surface area contributed by atoms with Crippen LogP contribution in [-0.2, 0) is 18.0 Å². The van der Waals surface area contributed by atoms with Crippen molar-refractivity contribution in [1.82, 2.24) is 4.98 Å². The largest absolute Gasteiger partial charge is 0.473 e. The molecule has 1 aromatic heterocycles. The molecule has 1 fully saturated rings. The molecule has 0 N–H and O–H groups in total. The zero-order valence-corrected chi connectivity index (χ0v) is 22.1. The molecule has 0 atom stereocenters. The lowest BCUT2D eigenvalue weighted by atomic mass is 9.97. The van der Waals surface area contributed by atoms with E-state index in [0.717, 1.165) is 48.6 Å². The molecular formula is C33H36N2O3. The van der Waals surface area contributed by atoms with Crippen LogP contribution in [0.1, 0.15) is 30.9 Å². The zero-order valence-electron chi connectivity index (χ0n) is 22.1. The van der Waals surface area contributed by atoms with E-state index in [1.54, 1.807) is 0 Å². The summed E-state index contributed by atoms with van der Waals surface area (Å²) in [5.41, 5.74) is 5.48. The third-order valence-corrected chi connectivity index (χ3v) is 7.00. The van der Waals surface area contributed by atoms with Crippen LogP contribution in [0.2, 0.25) is 0 Å². The Morgan fingerprint density at radius 3 is 2.00 bits per heavy atom. The Kier molecular flexibility index (Phi) is 8.90. The highest BCUT2D eigenvalue weighted by atomic mass is 16.5.